The van der Waals surface area contributed by atoms with E-state index in [4.69, 9.17) is 4.74 Å². The highest BCUT2D eigenvalue weighted by molar-refractivity contribution is 7.92. The summed E-state index contributed by atoms with van der Waals surface area (Å²) in [6, 6.07) is 15.3. The Hall–Kier alpha value is -3.07. The van der Waals surface area contributed by atoms with Gasteiger partial charge in [0.05, 0.1) is 19.1 Å². The van der Waals surface area contributed by atoms with E-state index in [0.717, 1.165) is 16.1 Å². The molecule has 1 atom stereocenters. The van der Waals surface area contributed by atoms with Gasteiger partial charge in [0.1, 0.15) is 18.3 Å². The normalized spacial score (nSPS) is 12.5. The highest BCUT2D eigenvalue weighted by Crippen LogP contribution is 2.22. The van der Waals surface area contributed by atoms with Crippen LogP contribution in [0.4, 0.5) is 5.69 Å². The molecule has 0 aliphatic heterocycles. The Balaban J connectivity index is 2.31. The summed E-state index contributed by atoms with van der Waals surface area (Å²) in [5.41, 5.74) is 0.881. The number of hydrogen-bond donors (Lipinski definition) is 1. The van der Waals surface area contributed by atoms with Gasteiger partial charge in [-0.05, 0) is 63.9 Å². The van der Waals surface area contributed by atoms with Crippen LogP contribution in [0.3, 0.4) is 0 Å². The van der Waals surface area contributed by atoms with Crippen molar-refractivity contribution in [3.05, 3.63) is 60.2 Å². The molecule has 2 aromatic rings. The summed E-state index contributed by atoms with van der Waals surface area (Å²) in [4.78, 5) is 27.8. The monoisotopic (exact) mass is 489 g/mol. The molecule has 0 saturated heterocycles. The predicted octanol–water partition coefficient (Wildman–Crippen LogP) is 2.84. The molecule has 0 heterocycles. The standard InChI is InChI=1S/C25H35N3O5S/c1-19(24(30)26-25(2,3)4)27(17-16-20-10-8-7-9-11-20)23(29)18-28(34(6,31)32)21-12-14-22(33-5)15-13-21/h7-15,19H,16-18H2,1-6H3,(H,26,30)/t19-/m1/s1. The number of benzene rings is 2. The van der Waals surface area contributed by atoms with Crippen molar-refractivity contribution in [2.24, 2.45) is 0 Å². The molecule has 0 spiro atoms. The van der Waals surface area contributed by atoms with Gasteiger partial charge in [0.2, 0.25) is 21.8 Å². The van der Waals surface area contributed by atoms with Crippen LogP contribution in [-0.2, 0) is 26.0 Å². The van der Waals surface area contributed by atoms with E-state index >= 15 is 0 Å². The van der Waals surface area contributed by atoms with Crippen molar-refractivity contribution in [1.29, 1.82) is 0 Å². The highest BCUT2D eigenvalue weighted by atomic mass is 32.2. The maximum absolute atomic E-state index is 13.4. The molecular weight excluding hydrogens is 454 g/mol. The maximum Gasteiger partial charge on any atom is 0.244 e. The summed E-state index contributed by atoms with van der Waals surface area (Å²) < 4.78 is 31.3. The third-order valence-electron chi connectivity index (χ3n) is 5.19. The molecule has 186 valence electrons. The van der Waals surface area contributed by atoms with Gasteiger partial charge in [-0.25, -0.2) is 8.42 Å². The van der Waals surface area contributed by atoms with Crippen LogP contribution in [0.25, 0.3) is 0 Å². The lowest BCUT2D eigenvalue weighted by Crippen LogP contribution is -2.55. The Bertz CT molecular complexity index is 1060. The van der Waals surface area contributed by atoms with Crippen molar-refractivity contribution in [2.45, 2.75) is 45.7 Å². The summed E-state index contributed by atoms with van der Waals surface area (Å²) >= 11 is 0. The fourth-order valence-electron chi connectivity index (χ4n) is 3.41. The zero-order chi connectivity index (χ0) is 25.5. The topological polar surface area (TPSA) is 96.0 Å². The third kappa shape index (κ3) is 8.06. The number of carbonyl (C=O) groups excluding carboxylic acids is 2. The Morgan fingerprint density at radius 2 is 1.62 bits per heavy atom. The number of nitrogens with one attached hydrogen (secondary N) is 1. The second-order valence-electron chi connectivity index (χ2n) is 9.21. The molecule has 2 aromatic carbocycles. The SMILES string of the molecule is COc1ccc(N(CC(=O)N(CCc2ccccc2)[C@H](C)C(=O)NC(C)(C)C)S(C)(=O)=O)cc1. The molecule has 0 unspecified atom stereocenters. The van der Waals surface area contributed by atoms with E-state index in [1.165, 1.54) is 12.0 Å². The molecular formula is C25H35N3O5S. The first-order valence-corrected chi connectivity index (χ1v) is 12.9. The van der Waals surface area contributed by atoms with Gasteiger partial charge in [-0.2, -0.15) is 0 Å². The molecule has 1 N–H and O–H groups in total. The van der Waals surface area contributed by atoms with E-state index in [1.54, 1.807) is 31.2 Å². The van der Waals surface area contributed by atoms with Crippen LogP contribution < -0.4 is 14.4 Å². The molecule has 2 amide bonds. The molecule has 34 heavy (non-hydrogen) atoms. The average Bonchev–Trinajstić information content (AvgIpc) is 2.76. The van der Waals surface area contributed by atoms with Crippen molar-refractivity contribution in [2.75, 3.05) is 30.8 Å². The van der Waals surface area contributed by atoms with Crippen LogP contribution in [0, 0.1) is 0 Å². The number of nitrogens with zero attached hydrogens (tertiary/aromatic N) is 2. The zero-order valence-electron chi connectivity index (χ0n) is 20.7. The Morgan fingerprint density at radius 3 is 2.12 bits per heavy atom. The Morgan fingerprint density at radius 1 is 1.03 bits per heavy atom. The fourth-order valence-corrected chi connectivity index (χ4v) is 4.26. The lowest BCUT2D eigenvalue weighted by molar-refractivity contribution is -0.139. The van der Waals surface area contributed by atoms with Gasteiger partial charge < -0.3 is 15.0 Å². The molecule has 0 aliphatic rings. The quantitative estimate of drug-likeness (QED) is 0.554. The molecule has 0 bridgehead atoms. The van der Waals surface area contributed by atoms with Crippen molar-refractivity contribution in [1.82, 2.24) is 10.2 Å². The summed E-state index contributed by atoms with van der Waals surface area (Å²) in [5, 5.41) is 2.90. The lowest BCUT2D eigenvalue weighted by atomic mass is 10.1. The molecule has 0 aromatic heterocycles. The minimum Gasteiger partial charge on any atom is -0.497 e. The molecule has 0 radical (unpaired) electrons. The number of carbonyl (C=O) groups is 2. The van der Waals surface area contributed by atoms with Gasteiger partial charge in [-0.3, -0.25) is 13.9 Å². The first-order valence-electron chi connectivity index (χ1n) is 11.1. The number of hydrogen-bond acceptors (Lipinski definition) is 5. The Kier molecular flexibility index (Phi) is 9.09. The maximum atomic E-state index is 13.4. The van der Waals surface area contributed by atoms with Gasteiger partial charge in [0.15, 0.2) is 0 Å². The first-order chi connectivity index (χ1) is 15.8. The van der Waals surface area contributed by atoms with Crippen molar-refractivity contribution in [3.63, 3.8) is 0 Å². The zero-order valence-corrected chi connectivity index (χ0v) is 21.6. The van der Waals surface area contributed by atoms with Crippen LogP contribution in [0.5, 0.6) is 5.75 Å². The van der Waals surface area contributed by atoms with Crippen LogP contribution in [0.1, 0.15) is 33.3 Å². The highest BCUT2D eigenvalue weighted by Gasteiger charge is 2.31. The van der Waals surface area contributed by atoms with E-state index in [0.29, 0.717) is 17.9 Å². The van der Waals surface area contributed by atoms with Crippen molar-refractivity contribution < 1.29 is 22.7 Å². The van der Waals surface area contributed by atoms with Crippen LogP contribution in [0.2, 0.25) is 0 Å². The van der Waals surface area contributed by atoms with Gasteiger partial charge >= 0.3 is 0 Å². The number of sulfonamides is 1. The van der Waals surface area contributed by atoms with Crippen LogP contribution in [0.15, 0.2) is 54.6 Å². The molecule has 8 nitrogen and oxygen atoms in total. The van der Waals surface area contributed by atoms with Gasteiger partial charge in [0.25, 0.3) is 0 Å². The molecule has 2 rings (SSSR count). The average molecular weight is 490 g/mol. The van der Waals surface area contributed by atoms with Crippen LogP contribution >= 0.6 is 0 Å². The summed E-state index contributed by atoms with van der Waals surface area (Å²) in [7, 11) is -2.25. The summed E-state index contributed by atoms with van der Waals surface area (Å²) in [6.07, 6.45) is 1.58. The van der Waals surface area contributed by atoms with Gasteiger partial charge in [0, 0.05) is 12.1 Å². The third-order valence-corrected chi connectivity index (χ3v) is 6.33. The number of ether oxygens (including phenoxy) is 1. The summed E-state index contributed by atoms with van der Waals surface area (Å²) in [5.74, 6) is -0.196. The number of methoxy groups -OCH3 is 1. The van der Waals surface area contributed by atoms with E-state index in [2.05, 4.69) is 5.32 Å². The molecule has 0 aliphatic carbocycles. The fraction of sp³-hybridized carbons (Fsp3) is 0.440. The van der Waals surface area contributed by atoms with E-state index in [-0.39, 0.29) is 12.5 Å². The lowest BCUT2D eigenvalue weighted by Gasteiger charge is -2.33. The Labute approximate surface area is 202 Å². The molecule has 0 saturated carbocycles. The van der Waals surface area contributed by atoms with E-state index in [1.807, 2.05) is 51.1 Å². The number of amides is 2. The van der Waals surface area contributed by atoms with Gasteiger partial charge in [-0.15, -0.1) is 0 Å². The van der Waals surface area contributed by atoms with E-state index in [9.17, 15) is 18.0 Å². The minimum atomic E-state index is -3.76. The second-order valence-corrected chi connectivity index (χ2v) is 11.1. The number of anilines is 1. The van der Waals surface area contributed by atoms with E-state index < -0.39 is 34.1 Å². The van der Waals surface area contributed by atoms with Gasteiger partial charge in [-0.1, -0.05) is 30.3 Å². The van der Waals surface area contributed by atoms with Crippen LogP contribution in [-0.4, -0.2) is 63.2 Å². The van der Waals surface area contributed by atoms with Crippen molar-refractivity contribution >= 4 is 27.5 Å². The second kappa shape index (κ2) is 11.4. The largest absolute Gasteiger partial charge is 0.497 e. The summed E-state index contributed by atoms with van der Waals surface area (Å²) in [6.45, 7) is 7.09. The number of rotatable bonds is 10. The molecule has 0 fully saturated rings. The molecule has 9 heteroatoms. The smallest absolute Gasteiger partial charge is 0.244 e. The minimum absolute atomic E-state index is 0.266. The predicted molar refractivity (Wildman–Crippen MR) is 134 cm³/mol. The first kappa shape index (κ1) is 27.2. The van der Waals surface area contributed by atoms with Crippen molar-refractivity contribution in [3.8, 4) is 5.75 Å².